The van der Waals surface area contributed by atoms with Crippen molar-refractivity contribution in [3.05, 3.63) is 0 Å². The van der Waals surface area contributed by atoms with Crippen molar-refractivity contribution in [3.63, 3.8) is 0 Å². The molecule has 1 N–H and O–H groups in total. The van der Waals surface area contributed by atoms with Gasteiger partial charge in [0, 0.05) is 26.2 Å². The molecule has 3 unspecified atom stereocenters. The second-order valence-corrected chi connectivity index (χ2v) is 5.37. The molecule has 0 amide bonds. The van der Waals surface area contributed by atoms with Gasteiger partial charge in [-0.05, 0) is 36.0 Å². The Morgan fingerprint density at radius 3 is 2.38 bits per heavy atom. The van der Waals surface area contributed by atoms with Gasteiger partial charge in [-0.2, -0.15) is 0 Å². The number of rotatable bonds is 3. The average Bonchev–Trinajstić information content (AvgIpc) is 2.91. The Hall–Kier alpha value is -0.0800. The maximum atomic E-state index is 9.02. The Kier molecular flexibility index (Phi) is 1.72. The van der Waals surface area contributed by atoms with Crippen LogP contribution < -0.4 is 0 Å². The third-order valence-electron chi connectivity index (χ3n) is 4.43. The lowest BCUT2D eigenvalue weighted by Gasteiger charge is -2.18. The first kappa shape index (κ1) is 8.25. The minimum atomic E-state index is 0.434. The van der Waals surface area contributed by atoms with Crippen molar-refractivity contribution >= 4 is 0 Å². The van der Waals surface area contributed by atoms with Crippen LogP contribution in [0.1, 0.15) is 13.3 Å². The van der Waals surface area contributed by atoms with E-state index in [4.69, 9.17) is 5.11 Å². The van der Waals surface area contributed by atoms with Crippen LogP contribution in [-0.4, -0.2) is 36.2 Å². The van der Waals surface area contributed by atoms with Gasteiger partial charge >= 0.3 is 0 Å². The molecule has 2 aliphatic carbocycles. The standard InChI is InChI=1S/C11H19NO/c1-7-2-8(7)3-12-4-9-10(5-12)11(9)6-13/h7-11,13H,2-6H2,1H3/t7?,8?,9-,10+,11?. The van der Waals surface area contributed by atoms with Gasteiger partial charge in [0.25, 0.3) is 0 Å². The largest absolute Gasteiger partial charge is 0.396 e. The minimum absolute atomic E-state index is 0.434. The predicted molar refractivity (Wildman–Crippen MR) is 51.3 cm³/mol. The Bertz CT molecular complexity index is 206. The van der Waals surface area contributed by atoms with Gasteiger partial charge in [-0.3, -0.25) is 0 Å². The molecule has 0 bridgehead atoms. The Balaban J connectivity index is 1.46. The third-order valence-corrected chi connectivity index (χ3v) is 4.43. The zero-order valence-electron chi connectivity index (χ0n) is 8.32. The number of aliphatic hydroxyl groups is 1. The molecule has 1 aliphatic heterocycles. The van der Waals surface area contributed by atoms with Gasteiger partial charge in [-0.15, -0.1) is 0 Å². The molecule has 2 heteroatoms. The highest BCUT2D eigenvalue weighted by Crippen LogP contribution is 2.52. The molecule has 1 heterocycles. The quantitative estimate of drug-likeness (QED) is 0.696. The SMILES string of the molecule is CC1CC1CN1C[C@@H]2C(CO)[C@@H]2C1. The molecule has 0 aromatic rings. The molecule has 3 aliphatic rings. The van der Waals surface area contributed by atoms with E-state index in [0.717, 1.165) is 23.7 Å². The molecule has 3 rings (SSSR count). The average molecular weight is 181 g/mol. The number of hydrogen-bond acceptors (Lipinski definition) is 2. The normalized spacial score (nSPS) is 53.5. The van der Waals surface area contributed by atoms with Crippen LogP contribution in [-0.2, 0) is 0 Å². The lowest BCUT2D eigenvalue weighted by molar-refractivity contribution is 0.216. The van der Waals surface area contributed by atoms with Crippen molar-refractivity contribution in [2.45, 2.75) is 13.3 Å². The third kappa shape index (κ3) is 1.31. The number of nitrogens with zero attached hydrogens (tertiary/aromatic N) is 1. The zero-order valence-corrected chi connectivity index (χ0v) is 8.32. The van der Waals surface area contributed by atoms with E-state index < -0.39 is 0 Å². The molecule has 1 saturated heterocycles. The highest BCUT2D eigenvalue weighted by molar-refractivity contribution is 5.05. The van der Waals surface area contributed by atoms with Crippen molar-refractivity contribution in [3.8, 4) is 0 Å². The fourth-order valence-electron chi connectivity index (χ4n) is 3.14. The van der Waals surface area contributed by atoms with Crippen LogP contribution in [0.3, 0.4) is 0 Å². The maximum Gasteiger partial charge on any atom is 0.0465 e. The fraction of sp³-hybridized carbons (Fsp3) is 1.00. The molecule has 5 atom stereocenters. The lowest BCUT2D eigenvalue weighted by atomic mass is 10.2. The van der Waals surface area contributed by atoms with E-state index in [-0.39, 0.29) is 0 Å². The molecule has 0 spiro atoms. The smallest absolute Gasteiger partial charge is 0.0465 e. The number of piperidine rings is 1. The molecule has 74 valence electrons. The Morgan fingerprint density at radius 1 is 1.31 bits per heavy atom. The van der Waals surface area contributed by atoms with Crippen molar-refractivity contribution in [1.29, 1.82) is 0 Å². The second kappa shape index (κ2) is 2.71. The van der Waals surface area contributed by atoms with Crippen molar-refractivity contribution in [1.82, 2.24) is 4.90 Å². The fourth-order valence-corrected chi connectivity index (χ4v) is 3.14. The van der Waals surface area contributed by atoms with Crippen LogP contribution in [0.25, 0.3) is 0 Å². The molecular formula is C11H19NO. The second-order valence-electron chi connectivity index (χ2n) is 5.37. The highest BCUT2D eigenvalue weighted by atomic mass is 16.3. The molecule has 2 nitrogen and oxygen atoms in total. The highest BCUT2D eigenvalue weighted by Gasteiger charge is 2.55. The van der Waals surface area contributed by atoms with Gasteiger partial charge in [0.05, 0.1) is 0 Å². The van der Waals surface area contributed by atoms with Crippen molar-refractivity contribution in [2.24, 2.45) is 29.6 Å². The zero-order chi connectivity index (χ0) is 9.00. The van der Waals surface area contributed by atoms with Crippen LogP contribution in [0, 0.1) is 29.6 Å². The van der Waals surface area contributed by atoms with E-state index in [0.29, 0.717) is 12.5 Å². The van der Waals surface area contributed by atoms with E-state index in [2.05, 4.69) is 11.8 Å². The van der Waals surface area contributed by atoms with Gasteiger partial charge < -0.3 is 10.0 Å². The van der Waals surface area contributed by atoms with Crippen LogP contribution in [0.2, 0.25) is 0 Å². The van der Waals surface area contributed by atoms with Gasteiger partial charge in [-0.1, -0.05) is 6.92 Å². The van der Waals surface area contributed by atoms with E-state index in [1.54, 1.807) is 0 Å². The van der Waals surface area contributed by atoms with Crippen molar-refractivity contribution in [2.75, 3.05) is 26.2 Å². The van der Waals surface area contributed by atoms with Crippen LogP contribution in [0.15, 0.2) is 0 Å². The van der Waals surface area contributed by atoms with E-state index in [1.165, 1.54) is 26.1 Å². The van der Waals surface area contributed by atoms with Crippen LogP contribution in [0.4, 0.5) is 0 Å². The molecular weight excluding hydrogens is 162 g/mol. The first-order valence-electron chi connectivity index (χ1n) is 5.63. The summed E-state index contributed by atoms with van der Waals surface area (Å²) in [5.74, 6) is 4.39. The number of aliphatic hydroxyl groups excluding tert-OH is 1. The molecule has 0 aromatic carbocycles. The lowest BCUT2D eigenvalue weighted by Crippen LogP contribution is -2.27. The summed E-state index contributed by atoms with van der Waals surface area (Å²) in [6.45, 7) is 6.69. The number of likely N-dealkylation sites (tertiary alicyclic amines) is 1. The number of fused-ring (bicyclic) bond motifs is 1. The van der Waals surface area contributed by atoms with E-state index >= 15 is 0 Å². The summed E-state index contributed by atoms with van der Waals surface area (Å²) in [5.41, 5.74) is 0. The topological polar surface area (TPSA) is 23.5 Å². The Labute approximate surface area is 79.9 Å². The van der Waals surface area contributed by atoms with Gasteiger partial charge in [0.2, 0.25) is 0 Å². The summed E-state index contributed by atoms with van der Waals surface area (Å²) in [4.78, 5) is 2.62. The van der Waals surface area contributed by atoms with E-state index in [9.17, 15) is 0 Å². The summed E-state index contributed by atoms with van der Waals surface area (Å²) in [6, 6.07) is 0. The number of hydrogen-bond donors (Lipinski definition) is 1. The minimum Gasteiger partial charge on any atom is -0.396 e. The predicted octanol–water partition coefficient (Wildman–Crippen LogP) is 0.812. The molecule has 3 fully saturated rings. The van der Waals surface area contributed by atoms with Gasteiger partial charge in [0.1, 0.15) is 0 Å². The summed E-state index contributed by atoms with van der Waals surface area (Å²) in [7, 11) is 0. The first-order valence-corrected chi connectivity index (χ1v) is 5.63. The van der Waals surface area contributed by atoms with Gasteiger partial charge in [0.15, 0.2) is 0 Å². The molecule has 2 saturated carbocycles. The molecule has 13 heavy (non-hydrogen) atoms. The summed E-state index contributed by atoms with van der Waals surface area (Å²) in [6.07, 6.45) is 1.45. The maximum absolute atomic E-state index is 9.02. The van der Waals surface area contributed by atoms with Crippen molar-refractivity contribution < 1.29 is 5.11 Å². The van der Waals surface area contributed by atoms with Gasteiger partial charge in [-0.25, -0.2) is 0 Å². The van der Waals surface area contributed by atoms with Crippen LogP contribution in [0.5, 0.6) is 0 Å². The van der Waals surface area contributed by atoms with Crippen LogP contribution >= 0.6 is 0 Å². The Morgan fingerprint density at radius 2 is 1.92 bits per heavy atom. The van der Waals surface area contributed by atoms with E-state index in [1.807, 2.05) is 0 Å². The molecule has 0 radical (unpaired) electrons. The molecule has 0 aromatic heterocycles. The summed E-state index contributed by atoms with van der Waals surface area (Å²) < 4.78 is 0. The first-order chi connectivity index (χ1) is 6.29. The summed E-state index contributed by atoms with van der Waals surface area (Å²) >= 11 is 0. The monoisotopic (exact) mass is 181 g/mol. The summed E-state index contributed by atoms with van der Waals surface area (Å²) in [5, 5.41) is 9.02.